The number of hydrogen-bond acceptors (Lipinski definition) is 3. The van der Waals surface area contributed by atoms with Gasteiger partial charge in [-0.1, -0.05) is 6.92 Å². The fraction of sp³-hybridized carbons (Fsp3) is 0.929. The zero-order valence-corrected chi connectivity index (χ0v) is 11.8. The third-order valence-electron chi connectivity index (χ3n) is 4.16. The monoisotopic (exact) mass is 256 g/mol. The number of unbranched alkanes of at least 4 members (excludes halogenated alkanes) is 1. The second-order valence-electron chi connectivity index (χ2n) is 5.62. The van der Waals surface area contributed by atoms with Gasteiger partial charge in [0.1, 0.15) is 0 Å². The minimum atomic E-state index is -0.298. The standard InChI is InChI=1S/C14H28N2O2/c1-12-5-7-14(11-15,8-6-12)13(17)16-9-3-4-10-18-2/h12H,3-11,15H2,1-2H3,(H,16,17). The van der Waals surface area contributed by atoms with E-state index in [1.807, 2.05) is 0 Å². The molecule has 0 aromatic carbocycles. The van der Waals surface area contributed by atoms with Crippen molar-refractivity contribution in [3.05, 3.63) is 0 Å². The van der Waals surface area contributed by atoms with E-state index < -0.39 is 0 Å². The van der Waals surface area contributed by atoms with Crippen molar-refractivity contribution >= 4 is 5.91 Å². The van der Waals surface area contributed by atoms with E-state index in [2.05, 4.69) is 12.2 Å². The quantitative estimate of drug-likeness (QED) is 0.681. The predicted octanol–water partition coefficient (Wildman–Crippen LogP) is 1.68. The number of ether oxygens (including phenoxy) is 1. The maximum Gasteiger partial charge on any atom is 0.227 e. The normalized spacial score (nSPS) is 28.1. The zero-order valence-electron chi connectivity index (χ0n) is 11.8. The van der Waals surface area contributed by atoms with Crippen molar-refractivity contribution in [2.45, 2.75) is 45.4 Å². The molecule has 1 aliphatic rings. The summed E-state index contributed by atoms with van der Waals surface area (Å²) < 4.78 is 4.99. The molecule has 0 aromatic rings. The van der Waals surface area contributed by atoms with E-state index in [1.165, 1.54) is 0 Å². The summed E-state index contributed by atoms with van der Waals surface area (Å²) in [7, 11) is 1.70. The van der Waals surface area contributed by atoms with Gasteiger partial charge in [0, 0.05) is 26.8 Å². The van der Waals surface area contributed by atoms with Crippen LogP contribution in [0.5, 0.6) is 0 Å². The van der Waals surface area contributed by atoms with Crippen molar-refractivity contribution in [3.63, 3.8) is 0 Å². The molecule has 3 N–H and O–H groups in total. The number of carbonyl (C=O) groups excluding carboxylic acids is 1. The first-order valence-electron chi connectivity index (χ1n) is 7.12. The van der Waals surface area contributed by atoms with Crippen molar-refractivity contribution in [3.8, 4) is 0 Å². The van der Waals surface area contributed by atoms with Crippen LogP contribution in [-0.4, -0.2) is 32.7 Å². The average molecular weight is 256 g/mol. The molecule has 0 radical (unpaired) electrons. The number of nitrogens with two attached hydrogens (primary N) is 1. The van der Waals surface area contributed by atoms with Crippen molar-refractivity contribution in [1.82, 2.24) is 5.32 Å². The van der Waals surface area contributed by atoms with Gasteiger partial charge >= 0.3 is 0 Å². The summed E-state index contributed by atoms with van der Waals surface area (Å²) in [6, 6.07) is 0. The van der Waals surface area contributed by atoms with E-state index in [1.54, 1.807) is 7.11 Å². The van der Waals surface area contributed by atoms with E-state index in [0.717, 1.165) is 57.6 Å². The predicted molar refractivity (Wildman–Crippen MR) is 73.2 cm³/mol. The lowest BCUT2D eigenvalue weighted by atomic mass is 9.70. The SMILES string of the molecule is COCCCCNC(=O)C1(CN)CCC(C)CC1. The molecule has 1 saturated carbocycles. The molecular formula is C14H28N2O2. The van der Waals surface area contributed by atoms with Crippen LogP contribution in [0.4, 0.5) is 0 Å². The van der Waals surface area contributed by atoms with Crippen LogP contribution in [0.1, 0.15) is 45.4 Å². The summed E-state index contributed by atoms with van der Waals surface area (Å²) in [5.41, 5.74) is 5.56. The highest BCUT2D eigenvalue weighted by Gasteiger charge is 2.39. The third-order valence-corrected chi connectivity index (χ3v) is 4.16. The second-order valence-corrected chi connectivity index (χ2v) is 5.62. The number of amides is 1. The minimum Gasteiger partial charge on any atom is -0.385 e. The van der Waals surface area contributed by atoms with Crippen LogP contribution in [-0.2, 0) is 9.53 Å². The minimum absolute atomic E-state index is 0.161. The van der Waals surface area contributed by atoms with Gasteiger partial charge in [-0.3, -0.25) is 4.79 Å². The Kier molecular flexibility index (Phi) is 6.65. The summed E-state index contributed by atoms with van der Waals surface area (Å²) in [5.74, 6) is 0.897. The maximum atomic E-state index is 12.3. The van der Waals surface area contributed by atoms with Gasteiger partial charge in [-0.2, -0.15) is 0 Å². The summed E-state index contributed by atoms with van der Waals surface area (Å²) >= 11 is 0. The maximum absolute atomic E-state index is 12.3. The van der Waals surface area contributed by atoms with Crippen LogP contribution in [0.15, 0.2) is 0 Å². The van der Waals surface area contributed by atoms with Crippen LogP contribution in [0.3, 0.4) is 0 Å². The molecule has 0 heterocycles. The van der Waals surface area contributed by atoms with Gasteiger partial charge in [0.05, 0.1) is 5.41 Å². The first-order chi connectivity index (χ1) is 8.64. The third kappa shape index (κ3) is 4.25. The van der Waals surface area contributed by atoms with Crippen molar-refractivity contribution < 1.29 is 9.53 Å². The van der Waals surface area contributed by atoms with E-state index >= 15 is 0 Å². The fourth-order valence-electron chi connectivity index (χ4n) is 2.60. The number of hydrogen-bond donors (Lipinski definition) is 2. The molecule has 106 valence electrons. The first-order valence-corrected chi connectivity index (χ1v) is 7.12. The van der Waals surface area contributed by atoms with Crippen LogP contribution in [0.2, 0.25) is 0 Å². The number of rotatable bonds is 7. The Morgan fingerprint density at radius 3 is 2.61 bits per heavy atom. The number of methoxy groups -OCH3 is 1. The number of nitrogens with one attached hydrogen (secondary N) is 1. The van der Waals surface area contributed by atoms with Gasteiger partial charge in [-0.25, -0.2) is 0 Å². The molecule has 1 fully saturated rings. The molecule has 18 heavy (non-hydrogen) atoms. The first kappa shape index (κ1) is 15.4. The molecule has 1 rings (SSSR count). The molecular weight excluding hydrogens is 228 g/mol. The Balaban J connectivity index is 2.33. The van der Waals surface area contributed by atoms with Gasteiger partial charge in [0.2, 0.25) is 5.91 Å². The van der Waals surface area contributed by atoms with Crippen LogP contribution < -0.4 is 11.1 Å². The van der Waals surface area contributed by atoms with Gasteiger partial charge in [0.25, 0.3) is 0 Å². The van der Waals surface area contributed by atoms with Gasteiger partial charge in [-0.15, -0.1) is 0 Å². The van der Waals surface area contributed by atoms with Gasteiger partial charge < -0.3 is 15.8 Å². The van der Waals surface area contributed by atoms with Crippen LogP contribution in [0.25, 0.3) is 0 Å². The molecule has 0 bridgehead atoms. The molecule has 0 spiro atoms. The highest BCUT2D eigenvalue weighted by molar-refractivity contribution is 5.83. The molecule has 0 unspecified atom stereocenters. The summed E-state index contributed by atoms with van der Waals surface area (Å²) in [6.07, 6.45) is 6.08. The fourth-order valence-corrected chi connectivity index (χ4v) is 2.60. The lowest BCUT2D eigenvalue weighted by Crippen LogP contribution is -2.48. The van der Waals surface area contributed by atoms with Crippen molar-refractivity contribution in [2.24, 2.45) is 17.1 Å². The number of carbonyl (C=O) groups is 1. The highest BCUT2D eigenvalue weighted by Crippen LogP contribution is 2.38. The van der Waals surface area contributed by atoms with Gasteiger partial charge in [0.15, 0.2) is 0 Å². The Morgan fingerprint density at radius 1 is 1.39 bits per heavy atom. The topological polar surface area (TPSA) is 64.3 Å². The van der Waals surface area contributed by atoms with Crippen LogP contribution >= 0.6 is 0 Å². The molecule has 4 nitrogen and oxygen atoms in total. The molecule has 0 saturated heterocycles. The molecule has 1 amide bonds. The molecule has 0 aliphatic heterocycles. The molecule has 4 heteroatoms. The summed E-state index contributed by atoms with van der Waals surface area (Å²) in [4.78, 5) is 12.3. The molecule has 0 atom stereocenters. The Bertz CT molecular complexity index is 248. The largest absolute Gasteiger partial charge is 0.385 e. The van der Waals surface area contributed by atoms with E-state index in [-0.39, 0.29) is 11.3 Å². The van der Waals surface area contributed by atoms with E-state index in [4.69, 9.17) is 10.5 Å². The van der Waals surface area contributed by atoms with Crippen LogP contribution in [0, 0.1) is 11.3 Å². The highest BCUT2D eigenvalue weighted by atomic mass is 16.5. The Labute approximate surface area is 111 Å². The lowest BCUT2D eigenvalue weighted by molar-refractivity contribution is -0.132. The van der Waals surface area contributed by atoms with E-state index in [9.17, 15) is 4.79 Å². The van der Waals surface area contributed by atoms with Gasteiger partial charge in [-0.05, 0) is 44.4 Å². The molecule has 0 aromatic heterocycles. The molecule has 1 aliphatic carbocycles. The zero-order chi connectivity index (χ0) is 13.4. The van der Waals surface area contributed by atoms with E-state index in [0.29, 0.717) is 6.54 Å². The summed E-state index contributed by atoms with van der Waals surface area (Å²) in [5, 5.41) is 3.04. The second kappa shape index (κ2) is 7.74. The lowest BCUT2D eigenvalue weighted by Gasteiger charge is -2.37. The Morgan fingerprint density at radius 2 is 2.06 bits per heavy atom. The smallest absolute Gasteiger partial charge is 0.227 e. The van der Waals surface area contributed by atoms with Crippen molar-refractivity contribution in [1.29, 1.82) is 0 Å². The average Bonchev–Trinajstić information content (AvgIpc) is 2.39. The van der Waals surface area contributed by atoms with Crippen molar-refractivity contribution in [2.75, 3.05) is 26.8 Å². The Hall–Kier alpha value is -0.610. The summed E-state index contributed by atoms with van der Waals surface area (Å²) in [6.45, 7) is 4.22.